The summed E-state index contributed by atoms with van der Waals surface area (Å²) in [6.07, 6.45) is 3.08. The lowest BCUT2D eigenvalue weighted by molar-refractivity contribution is 0.603. The summed E-state index contributed by atoms with van der Waals surface area (Å²) >= 11 is 3.44. The number of fused-ring (bicyclic) bond motifs is 3. The summed E-state index contributed by atoms with van der Waals surface area (Å²) in [5, 5.41) is 9.33. The molecule has 0 radical (unpaired) electrons. The van der Waals surface area contributed by atoms with Gasteiger partial charge in [0, 0.05) is 35.7 Å². The Kier molecular flexibility index (Phi) is 6.04. The van der Waals surface area contributed by atoms with Crippen molar-refractivity contribution in [3.8, 4) is 0 Å². The standard InChI is InChI=1S/C17H18N4S2.C2H6/c1-11-13-10-18-9-8-14(13)21-16(19-11)15(17(20-21)22-2)23-12-6-4-3-5-7-12;1-2/h3-7,18H,8-10H2,1-2H3;1-2H3. The summed E-state index contributed by atoms with van der Waals surface area (Å²) in [4.78, 5) is 7.26. The van der Waals surface area contributed by atoms with Crippen molar-refractivity contribution in [2.24, 2.45) is 0 Å². The van der Waals surface area contributed by atoms with Crippen molar-refractivity contribution < 1.29 is 0 Å². The number of hydrogen-bond acceptors (Lipinski definition) is 5. The van der Waals surface area contributed by atoms with E-state index in [1.54, 1.807) is 23.5 Å². The third kappa shape index (κ3) is 3.57. The predicted molar refractivity (Wildman–Crippen MR) is 107 cm³/mol. The quantitative estimate of drug-likeness (QED) is 0.682. The Morgan fingerprint density at radius 1 is 1.16 bits per heavy atom. The normalized spacial score (nSPS) is 13.3. The Balaban J connectivity index is 0.000000880. The summed E-state index contributed by atoms with van der Waals surface area (Å²) in [6.45, 7) is 8.00. The molecule has 0 saturated heterocycles. The van der Waals surface area contributed by atoms with Crippen LogP contribution in [0.25, 0.3) is 5.65 Å². The third-order valence-corrected chi connectivity index (χ3v) is 5.99. The van der Waals surface area contributed by atoms with Crippen LogP contribution in [-0.4, -0.2) is 27.4 Å². The van der Waals surface area contributed by atoms with Crippen LogP contribution < -0.4 is 5.32 Å². The Hall–Kier alpha value is -1.50. The number of rotatable bonds is 3. The summed E-state index contributed by atoms with van der Waals surface area (Å²) in [5.74, 6) is 0. The summed E-state index contributed by atoms with van der Waals surface area (Å²) in [6, 6.07) is 10.4. The molecule has 1 aromatic carbocycles. The molecule has 0 saturated carbocycles. The second-order valence-corrected chi connectivity index (χ2v) is 7.42. The molecule has 0 aliphatic carbocycles. The minimum atomic E-state index is 0.889. The fourth-order valence-electron chi connectivity index (χ4n) is 2.96. The molecule has 0 fully saturated rings. The molecule has 2 aromatic heterocycles. The molecule has 0 amide bonds. The van der Waals surface area contributed by atoms with Crippen molar-refractivity contribution in [1.29, 1.82) is 0 Å². The van der Waals surface area contributed by atoms with E-state index in [0.29, 0.717) is 0 Å². The van der Waals surface area contributed by atoms with Gasteiger partial charge >= 0.3 is 0 Å². The monoisotopic (exact) mass is 372 g/mol. The van der Waals surface area contributed by atoms with Gasteiger partial charge < -0.3 is 5.32 Å². The highest BCUT2D eigenvalue weighted by atomic mass is 32.2. The fraction of sp³-hybridized carbons (Fsp3) is 0.368. The first-order chi connectivity index (χ1) is 12.3. The van der Waals surface area contributed by atoms with Crippen molar-refractivity contribution in [1.82, 2.24) is 19.9 Å². The SMILES string of the molecule is CC.CSc1nn2c3c(c(C)nc2c1Sc1ccccc1)CNCC3. The molecule has 25 heavy (non-hydrogen) atoms. The van der Waals surface area contributed by atoms with E-state index >= 15 is 0 Å². The van der Waals surface area contributed by atoms with Crippen molar-refractivity contribution in [2.45, 2.75) is 48.6 Å². The van der Waals surface area contributed by atoms with Crippen molar-refractivity contribution in [2.75, 3.05) is 12.8 Å². The molecule has 6 heteroatoms. The first-order valence-corrected chi connectivity index (χ1v) is 10.7. The van der Waals surface area contributed by atoms with Gasteiger partial charge in [0.25, 0.3) is 0 Å². The maximum atomic E-state index is 4.88. The lowest BCUT2D eigenvalue weighted by Crippen LogP contribution is -2.27. The first-order valence-electron chi connectivity index (χ1n) is 8.66. The van der Waals surface area contributed by atoms with Gasteiger partial charge in [-0.05, 0) is 25.3 Å². The zero-order chi connectivity index (χ0) is 17.8. The average Bonchev–Trinajstić information content (AvgIpc) is 3.02. The van der Waals surface area contributed by atoms with Crippen molar-refractivity contribution >= 4 is 29.2 Å². The Morgan fingerprint density at radius 3 is 2.64 bits per heavy atom. The van der Waals surface area contributed by atoms with Crippen LogP contribution in [0.2, 0.25) is 0 Å². The van der Waals surface area contributed by atoms with E-state index in [1.807, 2.05) is 19.9 Å². The predicted octanol–water partition coefficient (Wildman–Crippen LogP) is 4.58. The Bertz CT molecular complexity index is 859. The molecule has 3 aromatic rings. The van der Waals surface area contributed by atoms with E-state index in [0.717, 1.165) is 40.8 Å². The number of nitrogens with zero attached hydrogens (tertiary/aromatic N) is 3. The molecule has 0 bridgehead atoms. The van der Waals surface area contributed by atoms with Gasteiger partial charge in [-0.15, -0.1) is 11.8 Å². The fourth-order valence-corrected chi connectivity index (χ4v) is 4.66. The number of aryl methyl sites for hydroxylation is 1. The number of nitrogens with one attached hydrogen (secondary N) is 1. The molecule has 1 aliphatic rings. The average molecular weight is 373 g/mol. The highest BCUT2D eigenvalue weighted by molar-refractivity contribution is 8.02. The van der Waals surface area contributed by atoms with Crippen LogP contribution in [0.4, 0.5) is 0 Å². The Labute approximate surface area is 157 Å². The highest BCUT2D eigenvalue weighted by Crippen LogP contribution is 2.38. The molecule has 3 heterocycles. The van der Waals surface area contributed by atoms with Gasteiger partial charge in [-0.25, -0.2) is 9.50 Å². The minimum Gasteiger partial charge on any atom is -0.312 e. The molecule has 4 nitrogen and oxygen atoms in total. The Morgan fingerprint density at radius 2 is 1.92 bits per heavy atom. The van der Waals surface area contributed by atoms with Crippen LogP contribution in [-0.2, 0) is 13.0 Å². The van der Waals surface area contributed by atoms with E-state index in [2.05, 4.69) is 47.3 Å². The largest absolute Gasteiger partial charge is 0.312 e. The third-order valence-electron chi connectivity index (χ3n) is 4.10. The van der Waals surface area contributed by atoms with E-state index in [1.165, 1.54) is 16.2 Å². The van der Waals surface area contributed by atoms with Crippen molar-refractivity contribution in [3.05, 3.63) is 47.3 Å². The van der Waals surface area contributed by atoms with Gasteiger partial charge in [-0.3, -0.25) is 0 Å². The van der Waals surface area contributed by atoms with Gasteiger partial charge in [0.2, 0.25) is 0 Å². The van der Waals surface area contributed by atoms with Crippen LogP contribution in [0.5, 0.6) is 0 Å². The zero-order valence-electron chi connectivity index (χ0n) is 15.2. The zero-order valence-corrected chi connectivity index (χ0v) is 16.8. The number of thioether (sulfide) groups is 1. The second kappa shape index (κ2) is 8.25. The molecule has 1 N–H and O–H groups in total. The van der Waals surface area contributed by atoms with Gasteiger partial charge in [-0.1, -0.05) is 43.8 Å². The van der Waals surface area contributed by atoms with Gasteiger partial charge in [0.1, 0.15) is 5.03 Å². The molecule has 1 aliphatic heterocycles. The molecule has 0 unspecified atom stereocenters. The number of aromatic nitrogens is 3. The summed E-state index contributed by atoms with van der Waals surface area (Å²) in [7, 11) is 0. The van der Waals surface area contributed by atoms with Gasteiger partial charge in [0.15, 0.2) is 5.65 Å². The van der Waals surface area contributed by atoms with Crippen LogP contribution in [0.1, 0.15) is 30.8 Å². The number of benzene rings is 1. The smallest absolute Gasteiger partial charge is 0.170 e. The molecule has 4 rings (SSSR count). The first kappa shape index (κ1) is 18.3. The van der Waals surface area contributed by atoms with Crippen LogP contribution >= 0.6 is 23.5 Å². The van der Waals surface area contributed by atoms with E-state index < -0.39 is 0 Å². The lowest BCUT2D eigenvalue weighted by atomic mass is 10.1. The second-order valence-electron chi connectivity index (χ2n) is 5.54. The summed E-state index contributed by atoms with van der Waals surface area (Å²) < 4.78 is 2.07. The molecular weight excluding hydrogens is 348 g/mol. The molecule has 0 atom stereocenters. The van der Waals surface area contributed by atoms with E-state index in [-0.39, 0.29) is 0 Å². The minimum absolute atomic E-state index is 0.889. The van der Waals surface area contributed by atoms with Gasteiger partial charge in [0.05, 0.1) is 10.6 Å². The summed E-state index contributed by atoms with van der Waals surface area (Å²) in [5.41, 5.74) is 4.71. The highest BCUT2D eigenvalue weighted by Gasteiger charge is 2.22. The lowest BCUT2D eigenvalue weighted by Gasteiger charge is -2.19. The molecule has 0 spiro atoms. The van der Waals surface area contributed by atoms with Gasteiger partial charge in [-0.2, -0.15) is 5.10 Å². The van der Waals surface area contributed by atoms with E-state index in [4.69, 9.17) is 10.1 Å². The maximum Gasteiger partial charge on any atom is 0.170 e. The maximum absolute atomic E-state index is 4.88. The van der Waals surface area contributed by atoms with Crippen LogP contribution in [0.3, 0.4) is 0 Å². The van der Waals surface area contributed by atoms with Crippen molar-refractivity contribution in [3.63, 3.8) is 0 Å². The molecular formula is C19H24N4S2. The number of hydrogen-bond donors (Lipinski definition) is 1. The van der Waals surface area contributed by atoms with E-state index in [9.17, 15) is 0 Å². The molecule has 132 valence electrons. The van der Waals surface area contributed by atoms with Crippen LogP contribution in [0, 0.1) is 6.92 Å². The van der Waals surface area contributed by atoms with Crippen LogP contribution in [0.15, 0.2) is 45.1 Å². The topological polar surface area (TPSA) is 42.2 Å².